The first-order valence-electron chi connectivity index (χ1n) is 12.5. The lowest BCUT2D eigenvalue weighted by Crippen LogP contribution is -2.21. The van der Waals surface area contributed by atoms with Crippen molar-refractivity contribution in [2.24, 2.45) is 0 Å². The lowest BCUT2D eigenvalue weighted by molar-refractivity contribution is -0.255. The highest BCUT2D eigenvalue weighted by molar-refractivity contribution is 5.86. The lowest BCUT2D eigenvalue weighted by Gasteiger charge is -2.19. The van der Waals surface area contributed by atoms with E-state index in [9.17, 15) is 9.90 Å². The molecule has 188 valence electrons. The van der Waals surface area contributed by atoms with Crippen LogP contribution in [-0.2, 0) is 5.41 Å². The first-order valence-corrected chi connectivity index (χ1v) is 12.5. The van der Waals surface area contributed by atoms with Crippen LogP contribution >= 0.6 is 0 Å². The Morgan fingerprint density at radius 1 is 0.588 bits per heavy atom. The topological polar surface area (TPSA) is 40.1 Å². The van der Waals surface area contributed by atoms with Gasteiger partial charge in [-0.1, -0.05) is 146 Å². The Bertz CT molecular complexity index is 878. The summed E-state index contributed by atoms with van der Waals surface area (Å²) in [7, 11) is 0. The van der Waals surface area contributed by atoms with Crippen molar-refractivity contribution in [1.82, 2.24) is 0 Å². The van der Waals surface area contributed by atoms with Gasteiger partial charge in [0.1, 0.15) is 0 Å². The van der Waals surface area contributed by atoms with Crippen molar-refractivity contribution in [3.63, 3.8) is 0 Å². The first kappa shape index (κ1) is 33.3. The minimum Gasteiger partial charge on any atom is -0.545 e. The molecule has 2 heteroatoms. The van der Waals surface area contributed by atoms with Crippen molar-refractivity contribution in [3.8, 4) is 11.1 Å². The molecular formula is C32H47O2-. The molecule has 0 aliphatic heterocycles. The number of benzene rings is 3. The highest BCUT2D eigenvalue weighted by atomic mass is 16.4. The largest absolute Gasteiger partial charge is 0.545 e. The van der Waals surface area contributed by atoms with E-state index in [0.717, 1.165) is 11.1 Å². The summed E-state index contributed by atoms with van der Waals surface area (Å²) in [5.74, 6) is -1.14. The number of hydrogen-bond donors (Lipinski definition) is 0. The zero-order valence-electron chi connectivity index (χ0n) is 23.7. The van der Waals surface area contributed by atoms with Gasteiger partial charge in [0.05, 0.1) is 5.97 Å². The van der Waals surface area contributed by atoms with Crippen molar-refractivity contribution in [3.05, 3.63) is 94.5 Å². The molecule has 3 aromatic rings. The number of carbonyl (C=O) groups excluding carboxylic acids is 1. The SMILES string of the molecule is CC.CC.CC.CC(C)(C)c1ccc(-c2ccc(C(=O)[O-])cc2)cc1.Cc1cc(C)cc(C)c1. The smallest absolute Gasteiger partial charge is 0.0715 e. The molecule has 0 bridgehead atoms. The summed E-state index contributed by atoms with van der Waals surface area (Å²) >= 11 is 0. The van der Waals surface area contributed by atoms with Gasteiger partial charge < -0.3 is 9.90 Å². The fraction of sp³-hybridized carbons (Fsp3) is 0.406. The summed E-state index contributed by atoms with van der Waals surface area (Å²) in [5.41, 5.74) is 7.77. The van der Waals surface area contributed by atoms with Crippen LogP contribution in [0.25, 0.3) is 11.1 Å². The van der Waals surface area contributed by atoms with Crippen LogP contribution in [0.15, 0.2) is 66.7 Å². The van der Waals surface area contributed by atoms with E-state index in [1.54, 1.807) is 24.3 Å². The normalized spacial score (nSPS) is 9.41. The highest BCUT2D eigenvalue weighted by Gasteiger charge is 2.12. The van der Waals surface area contributed by atoms with Crippen LogP contribution in [0, 0.1) is 20.8 Å². The summed E-state index contributed by atoms with van der Waals surface area (Å²) in [6.45, 7) is 24.9. The third-order valence-corrected chi connectivity index (χ3v) is 4.57. The molecule has 0 saturated carbocycles. The maximum absolute atomic E-state index is 10.7. The van der Waals surface area contributed by atoms with Crippen molar-refractivity contribution in [1.29, 1.82) is 0 Å². The molecule has 0 amide bonds. The Morgan fingerprint density at radius 2 is 0.882 bits per heavy atom. The molecule has 0 unspecified atom stereocenters. The zero-order chi connectivity index (χ0) is 26.9. The van der Waals surface area contributed by atoms with Gasteiger partial charge in [0.25, 0.3) is 0 Å². The molecular weight excluding hydrogens is 416 g/mol. The molecule has 34 heavy (non-hydrogen) atoms. The summed E-state index contributed by atoms with van der Waals surface area (Å²) in [4.78, 5) is 10.7. The number of hydrogen-bond acceptors (Lipinski definition) is 2. The molecule has 0 heterocycles. The standard InChI is InChI=1S/C17H18O2.C9H12.3C2H6/c1-17(2,3)15-10-8-13(9-11-15)12-4-6-14(7-5-12)16(18)19;1-7-4-8(2)6-9(3)5-7;3*1-2/h4-11H,1-3H3,(H,18,19);4-6H,1-3H3;3*1-2H3/p-1. The number of carboxylic acids is 1. The van der Waals surface area contributed by atoms with Gasteiger partial charge in [-0.2, -0.15) is 0 Å². The van der Waals surface area contributed by atoms with Crippen LogP contribution in [0.2, 0.25) is 0 Å². The quantitative estimate of drug-likeness (QED) is 0.381. The number of carbonyl (C=O) groups is 1. The fourth-order valence-corrected chi connectivity index (χ4v) is 3.16. The van der Waals surface area contributed by atoms with Gasteiger partial charge in [0.2, 0.25) is 0 Å². The van der Waals surface area contributed by atoms with Gasteiger partial charge in [-0.3, -0.25) is 0 Å². The Kier molecular flexibility index (Phi) is 17.2. The molecule has 0 aliphatic rings. The van der Waals surface area contributed by atoms with Crippen LogP contribution < -0.4 is 5.11 Å². The van der Waals surface area contributed by atoms with Crippen LogP contribution in [0.4, 0.5) is 0 Å². The van der Waals surface area contributed by atoms with Gasteiger partial charge >= 0.3 is 0 Å². The average molecular weight is 464 g/mol. The molecule has 0 aromatic heterocycles. The van der Waals surface area contributed by atoms with E-state index >= 15 is 0 Å². The molecule has 0 saturated heterocycles. The molecule has 0 atom stereocenters. The third-order valence-electron chi connectivity index (χ3n) is 4.57. The van der Waals surface area contributed by atoms with E-state index in [4.69, 9.17) is 0 Å². The summed E-state index contributed by atoms with van der Waals surface area (Å²) in [5, 5.41) is 10.7. The van der Waals surface area contributed by atoms with Crippen molar-refractivity contribution >= 4 is 5.97 Å². The van der Waals surface area contributed by atoms with E-state index in [-0.39, 0.29) is 11.0 Å². The van der Waals surface area contributed by atoms with Crippen LogP contribution in [0.1, 0.15) is 94.9 Å². The van der Waals surface area contributed by atoms with E-state index in [0.29, 0.717) is 0 Å². The van der Waals surface area contributed by atoms with Crippen LogP contribution in [0.3, 0.4) is 0 Å². The average Bonchev–Trinajstić information content (AvgIpc) is 2.82. The van der Waals surface area contributed by atoms with Gasteiger partial charge in [-0.25, -0.2) is 0 Å². The second kappa shape index (κ2) is 17.6. The van der Waals surface area contributed by atoms with E-state index in [1.807, 2.05) is 41.5 Å². The van der Waals surface area contributed by atoms with Gasteiger partial charge in [-0.15, -0.1) is 0 Å². The fourth-order valence-electron chi connectivity index (χ4n) is 3.16. The molecule has 3 aromatic carbocycles. The Hall–Kier alpha value is -2.87. The van der Waals surface area contributed by atoms with Gasteiger partial charge in [0.15, 0.2) is 0 Å². The lowest BCUT2D eigenvalue weighted by atomic mass is 9.86. The monoisotopic (exact) mass is 463 g/mol. The number of aryl methyl sites for hydroxylation is 3. The number of carboxylic acid groups (broad SMARTS) is 1. The molecule has 3 rings (SSSR count). The maximum Gasteiger partial charge on any atom is 0.0715 e. The number of rotatable bonds is 2. The molecule has 0 radical (unpaired) electrons. The Labute approximate surface area is 210 Å². The third kappa shape index (κ3) is 12.4. The second-order valence-corrected chi connectivity index (χ2v) is 8.36. The van der Waals surface area contributed by atoms with E-state index in [1.165, 1.54) is 22.3 Å². The first-order chi connectivity index (χ1) is 16.1. The summed E-state index contributed by atoms with van der Waals surface area (Å²) < 4.78 is 0. The van der Waals surface area contributed by atoms with Crippen molar-refractivity contribution in [2.75, 3.05) is 0 Å². The van der Waals surface area contributed by atoms with Crippen molar-refractivity contribution < 1.29 is 9.90 Å². The Balaban J connectivity index is 0. The minimum atomic E-state index is -1.14. The molecule has 0 fully saturated rings. The van der Waals surface area contributed by atoms with Crippen LogP contribution in [-0.4, -0.2) is 5.97 Å². The molecule has 0 aliphatic carbocycles. The summed E-state index contributed by atoms with van der Waals surface area (Å²) in [6, 6.07) is 21.7. The minimum absolute atomic E-state index is 0.136. The van der Waals surface area contributed by atoms with E-state index in [2.05, 4.69) is 84.0 Å². The Morgan fingerprint density at radius 3 is 1.15 bits per heavy atom. The molecule has 0 spiro atoms. The van der Waals surface area contributed by atoms with Crippen LogP contribution in [0.5, 0.6) is 0 Å². The predicted molar refractivity (Wildman–Crippen MR) is 150 cm³/mol. The predicted octanol–water partition coefficient (Wildman–Crippen LogP) is 8.71. The van der Waals surface area contributed by atoms with Crippen molar-refractivity contribution in [2.45, 2.75) is 88.5 Å². The van der Waals surface area contributed by atoms with Gasteiger partial charge in [0, 0.05) is 0 Å². The zero-order valence-corrected chi connectivity index (χ0v) is 23.7. The highest BCUT2D eigenvalue weighted by Crippen LogP contribution is 2.26. The summed E-state index contributed by atoms with van der Waals surface area (Å²) in [6.07, 6.45) is 0. The number of aromatic carboxylic acids is 1. The molecule has 2 nitrogen and oxygen atoms in total. The second-order valence-electron chi connectivity index (χ2n) is 8.36. The molecule has 0 N–H and O–H groups in total. The maximum atomic E-state index is 10.7. The van der Waals surface area contributed by atoms with Gasteiger partial charge in [-0.05, 0) is 48.4 Å². The van der Waals surface area contributed by atoms with E-state index < -0.39 is 5.97 Å².